The third-order valence-corrected chi connectivity index (χ3v) is 10.8. The van der Waals surface area contributed by atoms with Gasteiger partial charge in [-0.3, -0.25) is 14.4 Å². The highest BCUT2D eigenvalue weighted by molar-refractivity contribution is 5.87. The number of allylic oxidation sites excluding steroid dienone is 8. The molecule has 0 aromatic heterocycles. The second-order valence-electron chi connectivity index (χ2n) is 16.5. The molecule has 0 radical (unpaired) electrons. The van der Waals surface area contributed by atoms with Crippen molar-refractivity contribution in [3.8, 4) is 0 Å². The van der Waals surface area contributed by atoms with Gasteiger partial charge < -0.3 is 25.6 Å². The van der Waals surface area contributed by atoms with Gasteiger partial charge in [0.15, 0.2) is 0 Å². The minimum absolute atomic E-state index is 0.0144. The summed E-state index contributed by atoms with van der Waals surface area (Å²) in [6.45, 7) is 3.38. The molecule has 0 aliphatic heterocycles. The van der Waals surface area contributed by atoms with Gasteiger partial charge in [-0.2, -0.15) is 0 Å². The summed E-state index contributed by atoms with van der Waals surface area (Å²) in [6, 6.07) is -1.38. The number of esters is 1. The molecule has 0 rings (SSSR count). The lowest BCUT2D eigenvalue weighted by atomic mass is 10.0. The standard InChI is InChI=1S/C51H90N2O7/c1-3-5-7-9-11-13-14-15-16-17-18-19-20-21-22-23-24-25-26-28-30-35-39-43-50(57)60-46(40-36-32-29-27-12-10-8-6-4-2)41-37-33-31-34-38-42-48(55)52-44-49(56)53-47(45-54)51(58)59/h5,7,11,13,15-16,18-19,46-47,54H,3-4,6,8-10,12,14,17,20-45H2,1-2H3,(H,52,55)(H,53,56)(H,58,59)/b7-5-,13-11-,16-15-,19-18-. The Kier molecular flexibility index (Phi) is 42.9. The average molecular weight is 843 g/mol. The van der Waals surface area contributed by atoms with Crippen LogP contribution in [0.5, 0.6) is 0 Å². The van der Waals surface area contributed by atoms with Crippen LogP contribution in [-0.2, 0) is 23.9 Å². The minimum Gasteiger partial charge on any atom is -0.480 e. The van der Waals surface area contributed by atoms with E-state index >= 15 is 0 Å². The monoisotopic (exact) mass is 843 g/mol. The topological polar surface area (TPSA) is 142 Å². The zero-order valence-electron chi connectivity index (χ0n) is 38.5. The molecule has 0 saturated carbocycles. The zero-order chi connectivity index (χ0) is 44.0. The molecule has 0 aromatic rings. The van der Waals surface area contributed by atoms with Crippen LogP contribution in [0.2, 0.25) is 0 Å². The number of aliphatic hydroxyl groups excluding tert-OH is 1. The van der Waals surface area contributed by atoms with E-state index in [9.17, 15) is 19.2 Å². The Morgan fingerprint density at radius 3 is 1.43 bits per heavy atom. The molecule has 0 bridgehead atoms. The van der Waals surface area contributed by atoms with Crippen LogP contribution < -0.4 is 10.6 Å². The van der Waals surface area contributed by atoms with Gasteiger partial charge in [0, 0.05) is 12.8 Å². The van der Waals surface area contributed by atoms with Gasteiger partial charge in [0.25, 0.3) is 0 Å². The first-order valence-electron chi connectivity index (χ1n) is 24.5. The second kappa shape index (κ2) is 45.3. The van der Waals surface area contributed by atoms with E-state index in [1.54, 1.807) is 0 Å². The highest BCUT2D eigenvalue weighted by Crippen LogP contribution is 2.19. The van der Waals surface area contributed by atoms with Crippen molar-refractivity contribution >= 4 is 23.8 Å². The first kappa shape index (κ1) is 56.8. The van der Waals surface area contributed by atoms with E-state index in [1.807, 2.05) is 0 Å². The van der Waals surface area contributed by atoms with Crippen LogP contribution in [-0.4, -0.2) is 59.3 Å². The first-order valence-corrected chi connectivity index (χ1v) is 24.5. The summed E-state index contributed by atoms with van der Waals surface area (Å²) in [6.07, 6.45) is 54.3. The van der Waals surface area contributed by atoms with Crippen molar-refractivity contribution in [2.75, 3.05) is 13.2 Å². The lowest BCUT2D eigenvalue weighted by molar-refractivity contribution is -0.150. The fourth-order valence-electron chi connectivity index (χ4n) is 7.12. The Labute approximate surface area is 367 Å². The normalized spacial score (nSPS) is 12.8. The minimum atomic E-state index is -1.38. The van der Waals surface area contributed by atoms with E-state index in [2.05, 4.69) is 73.1 Å². The number of carboxylic acid groups (broad SMARTS) is 1. The molecule has 0 saturated heterocycles. The number of amides is 2. The number of carbonyl (C=O) groups is 4. The summed E-state index contributed by atoms with van der Waals surface area (Å²) in [5, 5.41) is 22.6. The van der Waals surface area contributed by atoms with Crippen LogP contribution in [0.1, 0.15) is 226 Å². The van der Waals surface area contributed by atoms with Crippen LogP contribution in [0.3, 0.4) is 0 Å². The molecule has 0 aliphatic rings. The molecule has 0 aromatic carbocycles. The van der Waals surface area contributed by atoms with Gasteiger partial charge in [-0.1, -0.05) is 184 Å². The van der Waals surface area contributed by atoms with Crippen molar-refractivity contribution in [3.05, 3.63) is 48.6 Å². The number of carbonyl (C=O) groups excluding carboxylic acids is 3. The number of aliphatic carboxylic acids is 1. The Morgan fingerprint density at radius 2 is 0.950 bits per heavy atom. The van der Waals surface area contributed by atoms with E-state index in [0.29, 0.717) is 19.3 Å². The fraction of sp³-hybridized carbons (Fsp3) is 0.765. The first-order chi connectivity index (χ1) is 29.3. The lowest BCUT2D eigenvalue weighted by Crippen LogP contribution is -2.47. The SMILES string of the molecule is CC/C=C\C/C=C\C/C=C\C/C=C\CCCCCCCCCCCCC(=O)OC(CCCCCCCCCCC)CCCCCCCC(=O)NCC(=O)NC(CO)C(=O)O. The number of aliphatic hydroxyl groups is 1. The van der Waals surface area contributed by atoms with Gasteiger partial charge in [-0.25, -0.2) is 4.79 Å². The summed E-state index contributed by atoms with van der Waals surface area (Å²) < 4.78 is 6.04. The predicted molar refractivity (Wildman–Crippen MR) is 250 cm³/mol. The summed E-state index contributed by atoms with van der Waals surface area (Å²) in [4.78, 5) is 47.7. The predicted octanol–water partition coefficient (Wildman–Crippen LogP) is 12.7. The number of rotatable bonds is 44. The summed E-state index contributed by atoms with van der Waals surface area (Å²) in [5.74, 6) is -2.29. The molecule has 0 aliphatic carbocycles. The Morgan fingerprint density at radius 1 is 0.517 bits per heavy atom. The molecular weight excluding hydrogens is 753 g/mol. The zero-order valence-corrected chi connectivity index (χ0v) is 38.5. The van der Waals surface area contributed by atoms with Crippen LogP contribution >= 0.6 is 0 Å². The maximum Gasteiger partial charge on any atom is 0.328 e. The second-order valence-corrected chi connectivity index (χ2v) is 16.5. The van der Waals surface area contributed by atoms with Crippen molar-refractivity contribution in [2.45, 2.75) is 238 Å². The van der Waals surface area contributed by atoms with Gasteiger partial charge in [0.05, 0.1) is 13.2 Å². The number of hydrogen-bond acceptors (Lipinski definition) is 6. The van der Waals surface area contributed by atoms with Gasteiger partial charge in [-0.15, -0.1) is 0 Å². The largest absolute Gasteiger partial charge is 0.480 e. The van der Waals surface area contributed by atoms with Gasteiger partial charge in [0.2, 0.25) is 11.8 Å². The van der Waals surface area contributed by atoms with Gasteiger partial charge in [-0.05, 0) is 77.0 Å². The molecule has 9 heteroatoms. The summed E-state index contributed by atoms with van der Waals surface area (Å²) in [5.41, 5.74) is 0. The highest BCUT2D eigenvalue weighted by atomic mass is 16.5. The maximum absolute atomic E-state index is 12.8. The Hall–Kier alpha value is -3.20. The number of unbranched alkanes of at least 4 members (excludes halogenated alkanes) is 22. The van der Waals surface area contributed by atoms with Crippen molar-refractivity contribution in [1.82, 2.24) is 10.6 Å². The van der Waals surface area contributed by atoms with Crippen LogP contribution in [0.15, 0.2) is 48.6 Å². The molecule has 4 N–H and O–H groups in total. The highest BCUT2D eigenvalue weighted by Gasteiger charge is 2.19. The molecule has 9 nitrogen and oxygen atoms in total. The molecule has 2 amide bonds. The number of hydrogen-bond donors (Lipinski definition) is 4. The third kappa shape index (κ3) is 41.5. The smallest absolute Gasteiger partial charge is 0.328 e. The molecule has 60 heavy (non-hydrogen) atoms. The fourth-order valence-corrected chi connectivity index (χ4v) is 7.12. The Bertz CT molecular complexity index is 1150. The van der Waals surface area contributed by atoms with E-state index < -0.39 is 24.5 Å². The van der Waals surface area contributed by atoms with Crippen molar-refractivity contribution in [3.63, 3.8) is 0 Å². The van der Waals surface area contributed by atoms with E-state index in [4.69, 9.17) is 14.9 Å². The summed E-state index contributed by atoms with van der Waals surface area (Å²) in [7, 11) is 0. The molecule has 0 fully saturated rings. The number of ether oxygens (including phenoxy) is 1. The van der Waals surface area contributed by atoms with Crippen molar-refractivity contribution < 1.29 is 34.1 Å². The molecule has 0 spiro atoms. The van der Waals surface area contributed by atoms with Crippen LogP contribution in [0.25, 0.3) is 0 Å². The number of carboxylic acids is 1. The van der Waals surface area contributed by atoms with Crippen molar-refractivity contribution in [1.29, 1.82) is 0 Å². The lowest BCUT2D eigenvalue weighted by Gasteiger charge is -2.18. The Balaban J connectivity index is 4.14. The van der Waals surface area contributed by atoms with E-state index in [1.165, 1.54) is 109 Å². The molecule has 2 unspecified atom stereocenters. The van der Waals surface area contributed by atoms with Gasteiger partial charge >= 0.3 is 11.9 Å². The van der Waals surface area contributed by atoms with Crippen LogP contribution in [0, 0.1) is 0 Å². The van der Waals surface area contributed by atoms with Crippen LogP contribution in [0.4, 0.5) is 0 Å². The summed E-state index contributed by atoms with van der Waals surface area (Å²) >= 11 is 0. The average Bonchev–Trinajstić information content (AvgIpc) is 3.23. The number of nitrogens with one attached hydrogen (secondary N) is 2. The molecular formula is C51H90N2O7. The molecule has 346 valence electrons. The molecule has 0 heterocycles. The van der Waals surface area contributed by atoms with E-state index in [-0.39, 0.29) is 24.5 Å². The molecule has 2 atom stereocenters. The van der Waals surface area contributed by atoms with E-state index in [0.717, 1.165) is 83.5 Å². The van der Waals surface area contributed by atoms with Gasteiger partial charge in [0.1, 0.15) is 12.1 Å². The third-order valence-electron chi connectivity index (χ3n) is 10.8. The quantitative estimate of drug-likeness (QED) is 0.0272. The maximum atomic E-state index is 12.8. The van der Waals surface area contributed by atoms with Crippen molar-refractivity contribution in [2.24, 2.45) is 0 Å².